The zero-order chi connectivity index (χ0) is 18.6. The van der Waals surface area contributed by atoms with Crippen LogP contribution in [0.5, 0.6) is 0 Å². The lowest BCUT2D eigenvalue weighted by molar-refractivity contribution is -0.121. The number of carbonyl (C=O) groups excluding carboxylic acids is 2. The van der Waals surface area contributed by atoms with E-state index in [0.717, 1.165) is 16.0 Å². The van der Waals surface area contributed by atoms with E-state index in [1.165, 1.54) is 23.2 Å². The molecule has 0 N–H and O–H groups in total. The van der Waals surface area contributed by atoms with E-state index in [0.29, 0.717) is 11.4 Å². The summed E-state index contributed by atoms with van der Waals surface area (Å²) in [5.41, 5.74) is 2.80. The molecule has 6 nitrogen and oxygen atoms in total. The number of fused-ring (bicyclic) bond motifs is 1. The first-order valence-corrected chi connectivity index (χ1v) is 8.36. The number of benzene rings is 2. The van der Waals surface area contributed by atoms with Crippen LogP contribution in [0.3, 0.4) is 0 Å². The SMILES string of the molecule is Cc1cc(C)cc(N2C(=O)C3N=NN(c4ccc(F)c(Cl)c4)C3C2=O)c1. The average molecular weight is 373 g/mol. The molecule has 2 aromatic carbocycles. The van der Waals surface area contributed by atoms with Crippen molar-refractivity contribution in [1.29, 1.82) is 0 Å². The Bertz CT molecular complexity index is 957. The van der Waals surface area contributed by atoms with Crippen LogP contribution in [0.15, 0.2) is 46.7 Å². The molecule has 0 aromatic heterocycles. The van der Waals surface area contributed by atoms with Crippen LogP contribution in [0.4, 0.5) is 15.8 Å². The van der Waals surface area contributed by atoms with Crippen LogP contribution in [0.25, 0.3) is 0 Å². The molecule has 2 aliphatic rings. The minimum absolute atomic E-state index is 0.0934. The third kappa shape index (κ3) is 2.47. The largest absolute Gasteiger partial charge is 0.271 e. The molecular weight excluding hydrogens is 359 g/mol. The topological polar surface area (TPSA) is 65.3 Å². The first-order valence-electron chi connectivity index (χ1n) is 7.98. The number of imide groups is 1. The second kappa shape index (κ2) is 5.88. The van der Waals surface area contributed by atoms with Gasteiger partial charge in [0.2, 0.25) is 0 Å². The molecule has 2 atom stereocenters. The molecule has 2 amide bonds. The summed E-state index contributed by atoms with van der Waals surface area (Å²) in [7, 11) is 0. The van der Waals surface area contributed by atoms with Crippen molar-refractivity contribution in [3.05, 3.63) is 58.4 Å². The fourth-order valence-electron chi connectivity index (χ4n) is 3.34. The maximum absolute atomic E-state index is 13.4. The van der Waals surface area contributed by atoms with Crippen LogP contribution in [0.2, 0.25) is 5.02 Å². The summed E-state index contributed by atoms with van der Waals surface area (Å²) in [5, 5.41) is 9.12. The van der Waals surface area contributed by atoms with Crippen molar-refractivity contribution in [2.45, 2.75) is 25.9 Å². The summed E-state index contributed by atoms with van der Waals surface area (Å²) >= 11 is 5.82. The van der Waals surface area contributed by atoms with E-state index in [1.807, 2.05) is 19.9 Å². The van der Waals surface area contributed by atoms with Crippen molar-refractivity contribution in [2.24, 2.45) is 10.3 Å². The summed E-state index contributed by atoms with van der Waals surface area (Å²) in [4.78, 5) is 26.9. The van der Waals surface area contributed by atoms with E-state index in [4.69, 9.17) is 11.6 Å². The van der Waals surface area contributed by atoms with Gasteiger partial charge in [0.1, 0.15) is 5.82 Å². The summed E-state index contributed by atoms with van der Waals surface area (Å²) in [6, 6.07) is 7.68. The van der Waals surface area contributed by atoms with Crippen molar-refractivity contribution in [2.75, 3.05) is 9.91 Å². The molecule has 0 aliphatic carbocycles. The summed E-state index contributed by atoms with van der Waals surface area (Å²) < 4.78 is 13.4. The molecule has 2 unspecified atom stereocenters. The second-order valence-corrected chi connectivity index (χ2v) is 6.80. The van der Waals surface area contributed by atoms with Crippen LogP contribution in [0, 0.1) is 19.7 Å². The standard InChI is InChI=1S/C18H14ClFN4O2/c1-9-5-10(2)7-12(6-9)23-17(25)15-16(18(23)26)24(22-21-15)11-3-4-14(20)13(19)8-11/h3-8,15-16H,1-2H3. The highest BCUT2D eigenvalue weighted by atomic mass is 35.5. The quantitative estimate of drug-likeness (QED) is 0.756. The Morgan fingerprint density at radius 2 is 1.69 bits per heavy atom. The van der Waals surface area contributed by atoms with E-state index in [1.54, 1.807) is 12.1 Å². The zero-order valence-electron chi connectivity index (χ0n) is 14.0. The minimum Gasteiger partial charge on any atom is -0.271 e. The molecule has 4 rings (SSSR count). The molecule has 132 valence electrons. The van der Waals surface area contributed by atoms with Gasteiger partial charge >= 0.3 is 0 Å². The number of anilines is 2. The van der Waals surface area contributed by atoms with Gasteiger partial charge in [-0.05, 0) is 55.3 Å². The van der Waals surface area contributed by atoms with Gasteiger partial charge in [-0.1, -0.05) is 22.9 Å². The van der Waals surface area contributed by atoms with Crippen molar-refractivity contribution < 1.29 is 14.0 Å². The molecule has 26 heavy (non-hydrogen) atoms. The molecule has 0 saturated carbocycles. The van der Waals surface area contributed by atoms with Crippen LogP contribution in [-0.2, 0) is 9.59 Å². The highest BCUT2D eigenvalue weighted by molar-refractivity contribution is 6.31. The van der Waals surface area contributed by atoms with Crippen LogP contribution in [-0.4, -0.2) is 23.9 Å². The smallest absolute Gasteiger partial charge is 0.263 e. The highest BCUT2D eigenvalue weighted by Gasteiger charge is 2.55. The van der Waals surface area contributed by atoms with Crippen molar-refractivity contribution in [1.82, 2.24) is 0 Å². The Labute approximate surface area is 153 Å². The van der Waals surface area contributed by atoms with Gasteiger partial charge in [-0.2, -0.15) is 5.11 Å². The third-order valence-corrected chi connectivity index (χ3v) is 4.70. The van der Waals surface area contributed by atoms with Crippen LogP contribution >= 0.6 is 11.6 Å². The Balaban J connectivity index is 1.72. The number of rotatable bonds is 2. The lowest BCUT2D eigenvalue weighted by Crippen LogP contribution is -2.40. The molecule has 8 heteroatoms. The Hall–Kier alpha value is -2.80. The van der Waals surface area contributed by atoms with Gasteiger partial charge in [-0.15, -0.1) is 0 Å². The van der Waals surface area contributed by atoms with Crippen molar-refractivity contribution >= 4 is 34.8 Å². The average Bonchev–Trinajstić information content (AvgIpc) is 3.10. The Morgan fingerprint density at radius 3 is 2.35 bits per heavy atom. The van der Waals surface area contributed by atoms with Gasteiger partial charge in [0.05, 0.1) is 16.4 Å². The van der Waals surface area contributed by atoms with E-state index in [2.05, 4.69) is 10.3 Å². The fourth-order valence-corrected chi connectivity index (χ4v) is 3.51. The summed E-state index contributed by atoms with van der Waals surface area (Å²) in [6.45, 7) is 3.80. The number of amides is 2. The Morgan fingerprint density at radius 1 is 1.00 bits per heavy atom. The fraction of sp³-hybridized carbons (Fsp3) is 0.222. The van der Waals surface area contributed by atoms with E-state index in [9.17, 15) is 14.0 Å². The van der Waals surface area contributed by atoms with Gasteiger partial charge in [-0.25, -0.2) is 14.3 Å². The number of aryl methyl sites for hydroxylation is 2. The number of hydrogen-bond donors (Lipinski definition) is 0. The Kier molecular flexibility index (Phi) is 3.77. The molecule has 0 spiro atoms. The predicted molar refractivity (Wildman–Crippen MR) is 94.7 cm³/mol. The predicted octanol–water partition coefficient (Wildman–Crippen LogP) is 3.59. The van der Waals surface area contributed by atoms with Gasteiger partial charge in [0.25, 0.3) is 11.8 Å². The minimum atomic E-state index is -0.924. The van der Waals surface area contributed by atoms with Crippen molar-refractivity contribution in [3.63, 3.8) is 0 Å². The summed E-state index contributed by atoms with van der Waals surface area (Å²) in [5.74, 6) is -1.42. The van der Waals surface area contributed by atoms with E-state index in [-0.39, 0.29) is 5.02 Å². The van der Waals surface area contributed by atoms with Crippen LogP contribution in [0.1, 0.15) is 11.1 Å². The molecule has 0 radical (unpaired) electrons. The molecule has 2 aliphatic heterocycles. The molecule has 2 heterocycles. The number of halogens is 2. The lowest BCUT2D eigenvalue weighted by Gasteiger charge is -2.21. The highest BCUT2D eigenvalue weighted by Crippen LogP contribution is 2.36. The van der Waals surface area contributed by atoms with Gasteiger partial charge in [0, 0.05) is 0 Å². The molecule has 1 fully saturated rings. The second-order valence-electron chi connectivity index (χ2n) is 6.40. The zero-order valence-corrected chi connectivity index (χ0v) is 14.7. The lowest BCUT2D eigenvalue weighted by atomic mass is 10.1. The van der Waals surface area contributed by atoms with Crippen LogP contribution < -0.4 is 9.91 Å². The van der Waals surface area contributed by atoms with Crippen molar-refractivity contribution in [3.8, 4) is 0 Å². The molecule has 2 aromatic rings. The van der Waals surface area contributed by atoms with E-state index < -0.39 is 29.7 Å². The monoisotopic (exact) mass is 372 g/mol. The molecule has 1 saturated heterocycles. The molecular formula is C18H14ClFN4O2. The van der Waals surface area contributed by atoms with Gasteiger partial charge < -0.3 is 0 Å². The normalized spacial score (nSPS) is 21.7. The first kappa shape index (κ1) is 16.7. The number of hydrogen-bond acceptors (Lipinski definition) is 5. The van der Waals surface area contributed by atoms with Gasteiger partial charge in [0.15, 0.2) is 12.1 Å². The number of nitrogens with zero attached hydrogens (tertiary/aromatic N) is 4. The van der Waals surface area contributed by atoms with E-state index >= 15 is 0 Å². The number of carbonyl (C=O) groups is 2. The first-order chi connectivity index (χ1) is 12.4. The maximum Gasteiger partial charge on any atom is 0.263 e. The molecule has 0 bridgehead atoms. The summed E-state index contributed by atoms with van der Waals surface area (Å²) in [6.07, 6.45) is 0. The maximum atomic E-state index is 13.4. The van der Waals surface area contributed by atoms with Gasteiger partial charge in [-0.3, -0.25) is 9.59 Å². The third-order valence-electron chi connectivity index (χ3n) is 4.41.